The zero-order valence-electron chi connectivity index (χ0n) is 18.7. The van der Waals surface area contributed by atoms with Crippen molar-refractivity contribution in [3.05, 3.63) is 72.6 Å². The van der Waals surface area contributed by atoms with Crippen LogP contribution in [-0.2, 0) is 11.4 Å². The minimum Gasteiger partial charge on any atom is -0.489 e. The fraction of sp³-hybridized carbons (Fsp3) is 0.269. The van der Waals surface area contributed by atoms with Crippen LogP contribution in [0.4, 0.5) is 5.69 Å². The van der Waals surface area contributed by atoms with Gasteiger partial charge in [0.15, 0.2) is 5.65 Å². The van der Waals surface area contributed by atoms with Gasteiger partial charge in [-0.1, -0.05) is 30.3 Å². The summed E-state index contributed by atoms with van der Waals surface area (Å²) in [6.45, 7) is 2.15. The maximum atomic E-state index is 12.5. The van der Waals surface area contributed by atoms with Crippen LogP contribution in [0.5, 0.6) is 11.6 Å². The number of carbonyl (C=O) groups excluding carboxylic acids is 1. The fourth-order valence-electron chi connectivity index (χ4n) is 4.59. The lowest BCUT2D eigenvalue weighted by molar-refractivity contribution is -0.129. The molecule has 0 unspecified atom stereocenters. The number of nitrogens with one attached hydrogen (secondary N) is 1. The standard InChI is InChI=1S/C26H25N5O3/c32-25-7-6-21-17-34-24-8-10-31-26(29-24)23(15-28-31)19-12-20(27-9-11-30(21)25)14-22(13-19)33-16-18-4-2-1-3-5-18/h1-5,8,10,12-15,21,27H,6-7,9,11,16-17H2/t21-/m0/s1. The second-order valence-electron chi connectivity index (χ2n) is 8.63. The van der Waals surface area contributed by atoms with E-state index in [1.165, 1.54) is 0 Å². The maximum Gasteiger partial charge on any atom is 0.223 e. The van der Waals surface area contributed by atoms with E-state index in [4.69, 9.17) is 14.5 Å². The first-order chi connectivity index (χ1) is 16.7. The monoisotopic (exact) mass is 455 g/mol. The summed E-state index contributed by atoms with van der Waals surface area (Å²) in [5.41, 5.74) is 4.57. The molecule has 6 rings (SSSR count). The molecule has 2 aromatic carbocycles. The minimum absolute atomic E-state index is 0.0516. The zero-order chi connectivity index (χ0) is 22.9. The molecule has 2 aliphatic heterocycles. The van der Waals surface area contributed by atoms with Gasteiger partial charge in [0.05, 0.1) is 12.2 Å². The van der Waals surface area contributed by atoms with Gasteiger partial charge in [-0.25, -0.2) is 4.52 Å². The molecule has 34 heavy (non-hydrogen) atoms. The summed E-state index contributed by atoms with van der Waals surface area (Å²) in [7, 11) is 0. The topological polar surface area (TPSA) is 81.0 Å². The predicted molar refractivity (Wildman–Crippen MR) is 128 cm³/mol. The van der Waals surface area contributed by atoms with E-state index in [0.29, 0.717) is 44.3 Å². The van der Waals surface area contributed by atoms with Crippen LogP contribution in [0.2, 0.25) is 0 Å². The van der Waals surface area contributed by atoms with Gasteiger partial charge >= 0.3 is 0 Å². The number of rotatable bonds is 3. The number of fused-ring (bicyclic) bond motifs is 5. The molecule has 1 amide bonds. The van der Waals surface area contributed by atoms with Gasteiger partial charge in [-0.05, 0) is 29.7 Å². The van der Waals surface area contributed by atoms with E-state index in [2.05, 4.69) is 16.5 Å². The lowest BCUT2D eigenvalue weighted by Gasteiger charge is -2.25. The van der Waals surface area contributed by atoms with Crippen molar-refractivity contribution in [1.29, 1.82) is 0 Å². The second-order valence-corrected chi connectivity index (χ2v) is 8.63. The molecule has 0 radical (unpaired) electrons. The molecule has 1 saturated heterocycles. The average Bonchev–Trinajstić information content (AvgIpc) is 3.44. The first kappa shape index (κ1) is 20.5. The highest BCUT2D eigenvalue weighted by molar-refractivity contribution is 5.81. The number of ether oxygens (including phenoxy) is 2. The Balaban J connectivity index is 1.38. The van der Waals surface area contributed by atoms with Crippen molar-refractivity contribution in [2.45, 2.75) is 25.5 Å². The molecule has 2 aromatic heterocycles. The summed E-state index contributed by atoms with van der Waals surface area (Å²) >= 11 is 0. The summed E-state index contributed by atoms with van der Waals surface area (Å²) in [5.74, 6) is 1.45. The van der Waals surface area contributed by atoms with Gasteiger partial charge in [-0.3, -0.25) is 4.79 Å². The Hall–Kier alpha value is -4.07. The van der Waals surface area contributed by atoms with E-state index in [9.17, 15) is 4.79 Å². The Morgan fingerprint density at radius 2 is 2.06 bits per heavy atom. The van der Waals surface area contributed by atoms with Crippen molar-refractivity contribution in [3.8, 4) is 22.8 Å². The third-order valence-electron chi connectivity index (χ3n) is 6.37. The largest absolute Gasteiger partial charge is 0.489 e. The van der Waals surface area contributed by atoms with Crippen LogP contribution in [-0.4, -0.2) is 51.1 Å². The smallest absolute Gasteiger partial charge is 0.223 e. The number of nitrogens with zero attached hydrogens (tertiary/aromatic N) is 4. The van der Waals surface area contributed by atoms with Gasteiger partial charge in [-0.15, -0.1) is 0 Å². The third kappa shape index (κ3) is 4.03. The predicted octanol–water partition coefficient (Wildman–Crippen LogP) is 3.77. The van der Waals surface area contributed by atoms with Crippen molar-refractivity contribution in [2.24, 2.45) is 0 Å². The van der Waals surface area contributed by atoms with Crippen LogP contribution in [0.3, 0.4) is 0 Å². The van der Waals surface area contributed by atoms with Crippen molar-refractivity contribution in [1.82, 2.24) is 19.5 Å². The normalized spacial score (nSPS) is 17.7. The molecule has 8 heteroatoms. The van der Waals surface area contributed by atoms with Gasteiger partial charge in [-0.2, -0.15) is 10.1 Å². The molecule has 4 bridgehead atoms. The highest BCUT2D eigenvalue weighted by atomic mass is 16.5. The highest BCUT2D eigenvalue weighted by Gasteiger charge is 2.31. The van der Waals surface area contributed by atoms with Crippen molar-refractivity contribution in [3.63, 3.8) is 0 Å². The van der Waals surface area contributed by atoms with E-state index in [-0.39, 0.29) is 11.9 Å². The summed E-state index contributed by atoms with van der Waals surface area (Å²) in [6.07, 6.45) is 5.02. The first-order valence-corrected chi connectivity index (χ1v) is 11.6. The highest BCUT2D eigenvalue weighted by Crippen LogP contribution is 2.32. The Kier molecular flexibility index (Phi) is 5.25. The molecular weight excluding hydrogens is 430 g/mol. The SMILES string of the molecule is O=C1CC[C@H]2COc3ccn4ncc(c4n3)-c3cc(cc(OCc4ccccc4)c3)NCCN12. The summed E-state index contributed by atoms with van der Waals surface area (Å²) < 4.78 is 13.9. The fourth-order valence-corrected chi connectivity index (χ4v) is 4.59. The molecule has 4 heterocycles. The van der Waals surface area contributed by atoms with Crippen molar-refractivity contribution >= 4 is 17.2 Å². The summed E-state index contributed by atoms with van der Waals surface area (Å²) in [4.78, 5) is 19.1. The van der Waals surface area contributed by atoms with Crippen LogP contribution < -0.4 is 14.8 Å². The second kappa shape index (κ2) is 8.70. The van der Waals surface area contributed by atoms with E-state index < -0.39 is 0 Å². The number of anilines is 1. The molecule has 8 nitrogen and oxygen atoms in total. The van der Waals surface area contributed by atoms with Crippen molar-refractivity contribution < 1.29 is 14.3 Å². The number of hydrogen-bond donors (Lipinski definition) is 1. The molecule has 172 valence electrons. The van der Waals surface area contributed by atoms with E-state index in [1.54, 1.807) is 4.52 Å². The molecule has 0 spiro atoms. The van der Waals surface area contributed by atoms with E-state index in [0.717, 1.165) is 34.5 Å². The number of carbonyl (C=O) groups is 1. The Morgan fingerprint density at radius 1 is 1.15 bits per heavy atom. The average molecular weight is 456 g/mol. The van der Waals surface area contributed by atoms with Gasteiger partial charge in [0.2, 0.25) is 11.8 Å². The Morgan fingerprint density at radius 3 is 2.97 bits per heavy atom. The molecular formula is C26H25N5O3. The van der Waals surface area contributed by atoms with Crippen molar-refractivity contribution in [2.75, 3.05) is 25.0 Å². The minimum atomic E-state index is 0.0516. The molecule has 2 aliphatic rings. The summed E-state index contributed by atoms with van der Waals surface area (Å²) in [6, 6.07) is 18.0. The zero-order valence-corrected chi connectivity index (χ0v) is 18.7. The summed E-state index contributed by atoms with van der Waals surface area (Å²) in [5, 5.41) is 7.95. The maximum absolute atomic E-state index is 12.5. The molecule has 1 atom stereocenters. The quantitative estimate of drug-likeness (QED) is 0.507. The molecule has 0 aliphatic carbocycles. The van der Waals surface area contributed by atoms with Gasteiger partial charge in [0.25, 0.3) is 0 Å². The molecule has 0 saturated carbocycles. The number of amides is 1. The van der Waals surface area contributed by atoms with Crippen LogP contribution in [0, 0.1) is 0 Å². The van der Waals surface area contributed by atoms with Crippen LogP contribution in [0.1, 0.15) is 18.4 Å². The van der Waals surface area contributed by atoms with Gasteiger partial charge < -0.3 is 19.7 Å². The van der Waals surface area contributed by atoms with Crippen LogP contribution >= 0.6 is 0 Å². The Bertz CT molecular complexity index is 1340. The van der Waals surface area contributed by atoms with Gasteiger partial charge in [0, 0.05) is 49.1 Å². The lowest BCUT2D eigenvalue weighted by atomic mass is 10.1. The first-order valence-electron chi connectivity index (χ1n) is 11.6. The van der Waals surface area contributed by atoms with E-state index >= 15 is 0 Å². The number of aromatic nitrogens is 3. The third-order valence-corrected chi connectivity index (χ3v) is 6.37. The lowest BCUT2D eigenvalue weighted by Crippen LogP contribution is -2.40. The Labute approximate surface area is 197 Å². The number of benzene rings is 2. The molecule has 1 fully saturated rings. The number of hydrogen-bond acceptors (Lipinski definition) is 6. The van der Waals surface area contributed by atoms with Gasteiger partial charge in [0.1, 0.15) is 19.0 Å². The van der Waals surface area contributed by atoms with E-state index in [1.807, 2.05) is 65.8 Å². The van der Waals surface area contributed by atoms with Crippen LogP contribution in [0.25, 0.3) is 16.8 Å². The molecule has 4 aromatic rings. The molecule has 1 N–H and O–H groups in total. The van der Waals surface area contributed by atoms with Crippen LogP contribution in [0.15, 0.2) is 67.0 Å².